The second-order valence-electron chi connectivity index (χ2n) is 5.96. The van der Waals surface area contributed by atoms with E-state index in [1.54, 1.807) is 20.8 Å². The van der Waals surface area contributed by atoms with Crippen molar-refractivity contribution in [3.8, 4) is 0 Å². The number of hydrogen-bond donors (Lipinski definition) is 1. The average Bonchev–Trinajstić information content (AvgIpc) is 2.81. The van der Waals surface area contributed by atoms with Gasteiger partial charge in [-0.05, 0) is 37.5 Å². The third-order valence-corrected chi connectivity index (χ3v) is 4.23. The molecule has 1 heterocycles. The van der Waals surface area contributed by atoms with Gasteiger partial charge in [0.2, 0.25) is 5.54 Å². The summed E-state index contributed by atoms with van der Waals surface area (Å²) in [5.74, 6) is -1.88. The molecule has 0 unspecified atom stereocenters. The van der Waals surface area contributed by atoms with E-state index in [0.717, 1.165) is 11.1 Å². The third-order valence-electron chi connectivity index (χ3n) is 4.23. The molecule has 1 aromatic carbocycles. The normalized spacial score (nSPS) is 16.8. The summed E-state index contributed by atoms with van der Waals surface area (Å²) < 4.78 is 15.3. The van der Waals surface area contributed by atoms with E-state index in [1.807, 2.05) is 24.3 Å². The first kappa shape index (κ1) is 20.6. The molecule has 0 bridgehead atoms. The lowest BCUT2D eigenvalue weighted by atomic mass is 9.89. The number of ether oxygens (including phenoxy) is 3. The number of benzene rings is 1. The minimum atomic E-state index is -1.67. The lowest BCUT2D eigenvalue weighted by Crippen LogP contribution is -2.60. The van der Waals surface area contributed by atoms with E-state index < -0.39 is 23.4 Å². The number of rotatable bonds is 6. The molecule has 0 fully saturated rings. The van der Waals surface area contributed by atoms with Crippen molar-refractivity contribution in [1.29, 1.82) is 0 Å². The number of nitrogens with one attached hydrogen (secondary N) is 1. The molecule has 1 N–H and O–H groups in total. The molecule has 1 aliphatic rings. The van der Waals surface area contributed by atoms with Crippen LogP contribution in [0.4, 0.5) is 0 Å². The van der Waals surface area contributed by atoms with E-state index in [1.165, 1.54) is 6.08 Å². The SMILES string of the molecule is CCOC(=O)/C=C1\CNC(C(=O)OCC)(C(=O)OCC)Cc2ccccc21. The molecule has 0 radical (unpaired) electrons. The van der Waals surface area contributed by atoms with E-state index in [9.17, 15) is 14.4 Å². The number of esters is 3. The molecule has 1 aliphatic heterocycles. The molecule has 27 heavy (non-hydrogen) atoms. The maximum atomic E-state index is 12.7. The first-order chi connectivity index (χ1) is 13.0. The van der Waals surface area contributed by atoms with Crippen molar-refractivity contribution in [3.63, 3.8) is 0 Å². The van der Waals surface area contributed by atoms with Gasteiger partial charge < -0.3 is 14.2 Å². The van der Waals surface area contributed by atoms with E-state index in [0.29, 0.717) is 5.57 Å². The Labute approximate surface area is 158 Å². The first-order valence-corrected chi connectivity index (χ1v) is 9.03. The third kappa shape index (κ3) is 4.54. The van der Waals surface area contributed by atoms with Crippen LogP contribution in [-0.2, 0) is 35.0 Å². The molecular formula is C20H25NO6. The Morgan fingerprint density at radius 2 is 1.59 bits per heavy atom. The Hall–Kier alpha value is -2.67. The molecule has 0 saturated carbocycles. The highest BCUT2D eigenvalue weighted by Crippen LogP contribution is 2.29. The molecule has 0 spiro atoms. The fourth-order valence-corrected chi connectivity index (χ4v) is 3.01. The van der Waals surface area contributed by atoms with Gasteiger partial charge >= 0.3 is 17.9 Å². The van der Waals surface area contributed by atoms with E-state index >= 15 is 0 Å². The maximum absolute atomic E-state index is 12.7. The Kier molecular flexibility index (Phi) is 7.12. The zero-order valence-electron chi connectivity index (χ0n) is 15.9. The van der Waals surface area contributed by atoms with Crippen LogP contribution in [-0.4, -0.2) is 49.8 Å². The molecule has 7 heteroatoms. The molecule has 7 nitrogen and oxygen atoms in total. The van der Waals surface area contributed by atoms with E-state index in [-0.39, 0.29) is 32.8 Å². The van der Waals surface area contributed by atoms with Crippen LogP contribution in [0.1, 0.15) is 31.9 Å². The van der Waals surface area contributed by atoms with Crippen LogP contribution in [0.5, 0.6) is 0 Å². The maximum Gasteiger partial charge on any atom is 0.338 e. The largest absolute Gasteiger partial charge is 0.464 e. The zero-order valence-corrected chi connectivity index (χ0v) is 15.9. The van der Waals surface area contributed by atoms with Crippen molar-refractivity contribution in [2.45, 2.75) is 32.7 Å². The molecule has 0 atom stereocenters. The van der Waals surface area contributed by atoms with Crippen LogP contribution in [0.3, 0.4) is 0 Å². The zero-order chi connectivity index (χ0) is 19.9. The van der Waals surface area contributed by atoms with Crippen molar-refractivity contribution >= 4 is 23.5 Å². The van der Waals surface area contributed by atoms with Gasteiger partial charge in [-0.3, -0.25) is 5.32 Å². The number of carbonyl (C=O) groups excluding carboxylic acids is 3. The molecule has 0 saturated heterocycles. The first-order valence-electron chi connectivity index (χ1n) is 9.03. The summed E-state index contributed by atoms with van der Waals surface area (Å²) in [4.78, 5) is 37.4. The number of carbonyl (C=O) groups is 3. The Morgan fingerprint density at radius 1 is 1.00 bits per heavy atom. The average molecular weight is 375 g/mol. The molecule has 0 aromatic heterocycles. The van der Waals surface area contributed by atoms with Crippen LogP contribution >= 0.6 is 0 Å². The Balaban J connectivity index is 2.52. The van der Waals surface area contributed by atoms with Crippen molar-refractivity contribution in [3.05, 3.63) is 41.5 Å². The topological polar surface area (TPSA) is 90.9 Å². The van der Waals surface area contributed by atoms with Crippen LogP contribution in [0.15, 0.2) is 30.3 Å². The lowest BCUT2D eigenvalue weighted by molar-refractivity contribution is -0.166. The fraction of sp³-hybridized carbons (Fsp3) is 0.450. The highest BCUT2D eigenvalue weighted by Gasteiger charge is 2.50. The predicted molar refractivity (Wildman–Crippen MR) is 98.8 cm³/mol. The van der Waals surface area contributed by atoms with Crippen molar-refractivity contribution in [1.82, 2.24) is 5.32 Å². The van der Waals surface area contributed by atoms with Gasteiger partial charge in [-0.1, -0.05) is 24.3 Å². The van der Waals surface area contributed by atoms with Crippen LogP contribution in [0, 0.1) is 0 Å². The molecule has 0 aliphatic carbocycles. The highest BCUT2D eigenvalue weighted by atomic mass is 16.6. The quantitative estimate of drug-likeness (QED) is 0.350. The minimum absolute atomic E-state index is 0.0566. The van der Waals surface area contributed by atoms with E-state index in [2.05, 4.69) is 5.32 Å². The summed E-state index contributed by atoms with van der Waals surface area (Å²) in [5, 5.41) is 2.98. The Bertz CT molecular complexity index is 722. The molecular weight excluding hydrogens is 350 g/mol. The minimum Gasteiger partial charge on any atom is -0.464 e. The highest BCUT2D eigenvalue weighted by molar-refractivity contribution is 6.06. The predicted octanol–water partition coefficient (Wildman–Crippen LogP) is 1.64. The van der Waals surface area contributed by atoms with Crippen molar-refractivity contribution < 1.29 is 28.6 Å². The van der Waals surface area contributed by atoms with Crippen LogP contribution in [0.2, 0.25) is 0 Å². The summed E-state index contributed by atoms with van der Waals surface area (Å²) in [5.41, 5.74) is 0.457. The number of hydrogen-bond acceptors (Lipinski definition) is 7. The van der Waals surface area contributed by atoms with E-state index in [4.69, 9.17) is 14.2 Å². The second kappa shape index (κ2) is 9.32. The summed E-state index contributed by atoms with van der Waals surface area (Å²) in [7, 11) is 0. The van der Waals surface area contributed by atoms with Gasteiger partial charge in [0.1, 0.15) is 0 Å². The monoisotopic (exact) mass is 375 g/mol. The van der Waals surface area contributed by atoms with Gasteiger partial charge in [-0.25, -0.2) is 14.4 Å². The van der Waals surface area contributed by atoms with Crippen LogP contribution < -0.4 is 5.32 Å². The van der Waals surface area contributed by atoms with Gasteiger partial charge in [0, 0.05) is 19.0 Å². The fourth-order valence-electron chi connectivity index (χ4n) is 3.01. The van der Waals surface area contributed by atoms with Gasteiger partial charge in [0.05, 0.1) is 19.8 Å². The number of fused-ring (bicyclic) bond motifs is 1. The van der Waals surface area contributed by atoms with Gasteiger partial charge in [0.25, 0.3) is 0 Å². The molecule has 146 valence electrons. The van der Waals surface area contributed by atoms with Gasteiger partial charge in [-0.2, -0.15) is 0 Å². The second-order valence-corrected chi connectivity index (χ2v) is 5.96. The van der Waals surface area contributed by atoms with Crippen LogP contribution in [0.25, 0.3) is 5.57 Å². The smallest absolute Gasteiger partial charge is 0.338 e. The van der Waals surface area contributed by atoms with Gasteiger partial charge in [-0.15, -0.1) is 0 Å². The summed E-state index contributed by atoms with van der Waals surface area (Å²) in [6.45, 7) is 5.70. The van der Waals surface area contributed by atoms with Gasteiger partial charge in [0.15, 0.2) is 0 Å². The van der Waals surface area contributed by atoms with Crippen molar-refractivity contribution in [2.24, 2.45) is 0 Å². The molecule has 1 aromatic rings. The summed E-state index contributed by atoms with van der Waals surface area (Å²) >= 11 is 0. The standard InChI is InChI=1S/C20H25NO6/c1-4-25-17(22)11-15-13-21-20(18(23)26-5-2,19(24)27-6-3)12-14-9-7-8-10-16(14)15/h7-11,21H,4-6,12-13H2,1-3H3/b15-11+. The molecule has 2 rings (SSSR count). The Morgan fingerprint density at radius 3 is 2.19 bits per heavy atom. The van der Waals surface area contributed by atoms with Crippen molar-refractivity contribution in [2.75, 3.05) is 26.4 Å². The lowest BCUT2D eigenvalue weighted by Gasteiger charge is -2.28. The summed E-state index contributed by atoms with van der Waals surface area (Å²) in [6, 6.07) is 7.30. The molecule has 0 amide bonds. The summed E-state index contributed by atoms with van der Waals surface area (Å²) in [6.07, 6.45) is 1.43.